The highest BCUT2D eigenvalue weighted by Gasteiger charge is 2.21. The summed E-state index contributed by atoms with van der Waals surface area (Å²) in [4.78, 5) is 23.3. The molecule has 7 heteroatoms. The number of nitrogen functional groups attached to an aromatic ring is 1. The summed E-state index contributed by atoms with van der Waals surface area (Å²) in [5.74, 6) is -0.669. The van der Waals surface area contributed by atoms with Crippen LogP contribution in [0.2, 0.25) is 0 Å². The highest BCUT2D eigenvalue weighted by molar-refractivity contribution is 7.22. The van der Waals surface area contributed by atoms with Crippen molar-refractivity contribution in [2.75, 3.05) is 12.3 Å². The zero-order valence-corrected chi connectivity index (χ0v) is 13.9. The molecule has 2 rings (SSSR count). The SMILES string of the molecule is CCCCCCOc1ccc(C(N)=O)c2sc(C(N)=O)c(N)c12. The van der Waals surface area contributed by atoms with Gasteiger partial charge in [0.25, 0.3) is 5.91 Å². The smallest absolute Gasteiger partial charge is 0.260 e. The highest BCUT2D eigenvalue weighted by atomic mass is 32.1. The molecule has 2 amide bonds. The minimum atomic E-state index is -0.631. The number of unbranched alkanes of at least 4 members (excludes halogenated alkanes) is 3. The largest absolute Gasteiger partial charge is 0.493 e. The number of thiophene rings is 1. The van der Waals surface area contributed by atoms with Gasteiger partial charge in [-0.3, -0.25) is 9.59 Å². The molecule has 2 aromatic rings. The van der Waals surface area contributed by atoms with Gasteiger partial charge in [0.05, 0.1) is 27.9 Å². The molecule has 0 fully saturated rings. The molecule has 0 atom stereocenters. The lowest BCUT2D eigenvalue weighted by Gasteiger charge is -2.09. The van der Waals surface area contributed by atoms with Crippen LogP contribution in [-0.4, -0.2) is 18.4 Å². The van der Waals surface area contributed by atoms with Crippen LogP contribution in [0.4, 0.5) is 5.69 Å². The van der Waals surface area contributed by atoms with E-state index in [1.807, 2.05) is 0 Å². The van der Waals surface area contributed by atoms with Crippen molar-refractivity contribution < 1.29 is 14.3 Å². The molecule has 6 N–H and O–H groups in total. The summed E-state index contributed by atoms with van der Waals surface area (Å²) in [5.41, 5.74) is 17.3. The summed E-state index contributed by atoms with van der Waals surface area (Å²) in [6.07, 6.45) is 4.33. The van der Waals surface area contributed by atoms with E-state index in [1.165, 1.54) is 0 Å². The van der Waals surface area contributed by atoms with Crippen LogP contribution < -0.4 is 21.9 Å². The quantitative estimate of drug-likeness (QED) is 0.642. The highest BCUT2D eigenvalue weighted by Crippen LogP contribution is 2.41. The molecular formula is C16H21N3O3S. The number of primary amides is 2. The summed E-state index contributed by atoms with van der Waals surface area (Å²) in [5, 5.41) is 0.538. The molecule has 0 bridgehead atoms. The fraction of sp³-hybridized carbons (Fsp3) is 0.375. The second kappa shape index (κ2) is 7.32. The van der Waals surface area contributed by atoms with Crippen molar-refractivity contribution in [1.29, 1.82) is 0 Å². The number of amides is 2. The van der Waals surface area contributed by atoms with Crippen LogP contribution in [0.1, 0.15) is 52.6 Å². The molecule has 0 aliphatic rings. The van der Waals surface area contributed by atoms with Crippen molar-refractivity contribution in [1.82, 2.24) is 0 Å². The van der Waals surface area contributed by atoms with Crippen LogP contribution in [-0.2, 0) is 0 Å². The van der Waals surface area contributed by atoms with Gasteiger partial charge < -0.3 is 21.9 Å². The predicted octanol–water partition coefficient (Wildman–Crippen LogP) is 2.64. The predicted molar refractivity (Wildman–Crippen MR) is 92.9 cm³/mol. The standard InChI is InChI=1S/C16H21N3O3S/c1-2-3-4-5-8-22-10-7-6-9(15(18)20)13-11(10)12(17)14(23-13)16(19)21/h6-7H,2-5,8,17H2,1H3,(H2,18,20)(H2,19,21). The van der Waals surface area contributed by atoms with Crippen molar-refractivity contribution >= 4 is 38.9 Å². The summed E-state index contributed by atoms with van der Waals surface area (Å²) in [6, 6.07) is 3.25. The van der Waals surface area contributed by atoms with E-state index in [0.29, 0.717) is 28.0 Å². The average Bonchev–Trinajstić information content (AvgIpc) is 2.85. The molecule has 0 radical (unpaired) electrons. The number of rotatable bonds is 8. The Morgan fingerprint density at radius 1 is 1.13 bits per heavy atom. The number of ether oxygens (including phenoxy) is 1. The Kier molecular flexibility index (Phi) is 5.44. The van der Waals surface area contributed by atoms with Gasteiger partial charge in [-0.15, -0.1) is 11.3 Å². The molecule has 0 unspecified atom stereocenters. The third kappa shape index (κ3) is 3.56. The van der Waals surface area contributed by atoms with Crippen LogP contribution in [0.3, 0.4) is 0 Å². The van der Waals surface area contributed by atoms with E-state index < -0.39 is 11.8 Å². The van der Waals surface area contributed by atoms with E-state index in [9.17, 15) is 9.59 Å². The van der Waals surface area contributed by atoms with Gasteiger partial charge in [0.2, 0.25) is 5.91 Å². The van der Waals surface area contributed by atoms with Crippen molar-refractivity contribution in [3.63, 3.8) is 0 Å². The lowest BCUT2D eigenvalue weighted by atomic mass is 10.1. The van der Waals surface area contributed by atoms with E-state index in [2.05, 4.69) is 6.92 Å². The van der Waals surface area contributed by atoms with Crippen molar-refractivity contribution in [3.05, 3.63) is 22.6 Å². The number of anilines is 1. The zero-order valence-electron chi connectivity index (χ0n) is 13.1. The zero-order chi connectivity index (χ0) is 17.0. The van der Waals surface area contributed by atoms with E-state index in [1.54, 1.807) is 12.1 Å². The molecule has 23 heavy (non-hydrogen) atoms. The molecule has 1 heterocycles. The van der Waals surface area contributed by atoms with E-state index >= 15 is 0 Å². The van der Waals surface area contributed by atoms with Crippen molar-refractivity contribution in [2.45, 2.75) is 32.6 Å². The van der Waals surface area contributed by atoms with E-state index in [-0.39, 0.29) is 10.6 Å². The van der Waals surface area contributed by atoms with Gasteiger partial charge in [0.1, 0.15) is 10.6 Å². The second-order valence-electron chi connectivity index (χ2n) is 5.30. The number of fused-ring (bicyclic) bond motifs is 1. The van der Waals surface area contributed by atoms with E-state index in [0.717, 1.165) is 37.0 Å². The Balaban J connectivity index is 2.39. The van der Waals surface area contributed by atoms with Gasteiger partial charge in [0.15, 0.2) is 0 Å². The van der Waals surface area contributed by atoms with Gasteiger partial charge in [-0.25, -0.2) is 0 Å². The molecule has 124 valence electrons. The number of hydrogen-bond donors (Lipinski definition) is 3. The molecule has 0 saturated heterocycles. The Morgan fingerprint density at radius 3 is 2.48 bits per heavy atom. The molecule has 0 saturated carbocycles. The normalized spacial score (nSPS) is 10.8. The van der Waals surface area contributed by atoms with E-state index in [4.69, 9.17) is 21.9 Å². The third-order valence-corrected chi connectivity index (χ3v) is 4.84. The first-order chi connectivity index (χ1) is 11.0. The van der Waals surface area contributed by atoms with Crippen LogP contribution in [0.15, 0.2) is 12.1 Å². The lowest BCUT2D eigenvalue weighted by molar-refractivity contribution is 0.0994. The third-order valence-electron chi connectivity index (χ3n) is 3.58. The van der Waals surface area contributed by atoms with Crippen LogP contribution in [0.5, 0.6) is 5.75 Å². The number of nitrogens with two attached hydrogens (primary N) is 3. The van der Waals surface area contributed by atoms with Crippen molar-refractivity contribution in [2.24, 2.45) is 11.5 Å². The maximum Gasteiger partial charge on any atom is 0.260 e. The fourth-order valence-corrected chi connectivity index (χ4v) is 3.51. The molecule has 0 aliphatic heterocycles. The van der Waals surface area contributed by atoms with Gasteiger partial charge in [-0.1, -0.05) is 26.2 Å². The maximum absolute atomic E-state index is 11.6. The summed E-state index contributed by atoms with van der Waals surface area (Å²) < 4.78 is 6.33. The van der Waals surface area contributed by atoms with Crippen LogP contribution in [0.25, 0.3) is 10.1 Å². The van der Waals surface area contributed by atoms with Crippen molar-refractivity contribution in [3.8, 4) is 5.75 Å². The monoisotopic (exact) mass is 335 g/mol. The lowest BCUT2D eigenvalue weighted by Crippen LogP contribution is -2.11. The summed E-state index contributed by atoms with van der Waals surface area (Å²) in [7, 11) is 0. The first-order valence-corrected chi connectivity index (χ1v) is 8.36. The Labute approximate surface area is 138 Å². The van der Waals surface area contributed by atoms with Crippen LogP contribution in [0, 0.1) is 0 Å². The Hall–Kier alpha value is -2.28. The minimum absolute atomic E-state index is 0.213. The molecule has 0 spiro atoms. The number of carbonyl (C=O) groups excluding carboxylic acids is 2. The maximum atomic E-state index is 11.6. The first-order valence-electron chi connectivity index (χ1n) is 7.54. The molecule has 0 aliphatic carbocycles. The second-order valence-corrected chi connectivity index (χ2v) is 6.32. The number of carbonyl (C=O) groups is 2. The summed E-state index contributed by atoms with van der Waals surface area (Å²) >= 11 is 1.07. The molecule has 1 aromatic heterocycles. The van der Waals surface area contributed by atoms with Gasteiger partial charge in [0, 0.05) is 0 Å². The van der Waals surface area contributed by atoms with Crippen LogP contribution >= 0.6 is 11.3 Å². The molecular weight excluding hydrogens is 314 g/mol. The number of hydrogen-bond acceptors (Lipinski definition) is 5. The van der Waals surface area contributed by atoms with Gasteiger partial charge in [-0.2, -0.15) is 0 Å². The first kappa shape index (κ1) is 17.1. The average molecular weight is 335 g/mol. The molecule has 6 nitrogen and oxygen atoms in total. The molecule has 1 aromatic carbocycles. The summed E-state index contributed by atoms with van der Waals surface area (Å²) in [6.45, 7) is 2.69. The Bertz CT molecular complexity index is 740. The number of benzene rings is 1. The van der Waals surface area contributed by atoms with Gasteiger partial charge >= 0.3 is 0 Å². The van der Waals surface area contributed by atoms with Gasteiger partial charge in [-0.05, 0) is 18.6 Å². The minimum Gasteiger partial charge on any atom is -0.493 e. The fourth-order valence-electron chi connectivity index (χ4n) is 2.40. The Morgan fingerprint density at radius 2 is 1.87 bits per heavy atom. The topological polar surface area (TPSA) is 121 Å².